The van der Waals surface area contributed by atoms with Gasteiger partial charge in [0.1, 0.15) is 5.58 Å². The number of hydrogen-bond acceptors (Lipinski definition) is 1. The first-order valence-corrected chi connectivity index (χ1v) is 8.02. The summed E-state index contributed by atoms with van der Waals surface area (Å²) in [5.74, 6) is 0.888. The normalized spacial score (nSPS) is 11.2. The second-order valence-corrected chi connectivity index (χ2v) is 5.95. The van der Waals surface area contributed by atoms with Crippen molar-refractivity contribution < 1.29 is 4.42 Å². The van der Waals surface area contributed by atoms with Crippen molar-refractivity contribution in [1.29, 1.82) is 0 Å². The number of para-hydroxylation sites is 1. The minimum atomic E-state index is 0.888. The average Bonchev–Trinajstić information content (AvgIpc) is 3.21. The van der Waals surface area contributed by atoms with Gasteiger partial charge in [-0.2, -0.15) is 0 Å². The van der Waals surface area contributed by atoms with Gasteiger partial charge in [-0.1, -0.05) is 55.0 Å². The van der Waals surface area contributed by atoms with Gasteiger partial charge < -0.3 is 9.40 Å². The molecule has 2 heterocycles. The lowest BCUT2D eigenvalue weighted by Crippen LogP contribution is -1.79. The first-order chi connectivity index (χ1) is 11.2. The molecule has 4 aromatic rings. The molecule has 0 aliphatic rings. The first-order valence-electron chi connectivity index (χ1n) is 8.02. The summed E-state index contributed by atoms with van der Waals surface area (Å²) < 4.78 is 6.11. The Labute approximate surface area is 135 Å². The van der Waals surface area contributed by atoms with Crippen molar-refractivity contribution >= 4 is 11.0 Å². The maximum absolute atomic E-state index is 6.11. The third-order valence-corrected chi connectivity index (χ3v) is 4.32. The third kappa shape index (κ3) is 2.46. The van der Waals surface area contributed by atoms with Gasteiger partial charge in [-0.05, 0) is 42.7 Å². The second kappa shape index (κ2) is 5.47. The molecule has 2 aromatic heterocycles. The van der Waals surface area contributed by atoms with Crippen molar-refractivity contribution in [3.63, 3.8) is 0 Å². The van der Waals surface area contributed by atoms with Gasteiger partial charge in [0.05, 0.1) is 5.69 Å². The minimum Gasteiger partial charge on any atom is -0.454 e. The highest BCUT2D eigenvalue weighted by molar-refractivity contribution is 5.85. The lowest BCUT2D eigenvalue weighted by Gasteiger charge is -1.99. The van der Waals surface area contributed by atoms with Gasteiger partial charge in [-0.15, -0.1) is 0 Å². The summed E-state index contributed by atoms with van der Waals surface area (Å²) in [7, 11) is 0. The van der Waals surface area contributed by atoms with Crippen LogP contribution in [-0.2, 0) is 6.42 Å². The van der Waals surface area contributed by atoms with Crippen molar-refractivity contribution in [2.75, 3.05) is 0 Å². The molecule has 2 nitrogen and oxygen atoms in total. The first kappa shape index (κ1) is 13.9. The zero-order valence-corrected chi connectivity index (χ0v) is 13.4. The molecule has 0 aliphatic carbocycles. The van der Waals surface area contributed by atoms with E-state index in [2.05, 4.69) is 79.5 Å². The number of nitrogens with one attached hydrogen (secondary N) is 1. The number of aromatic nitrogens is 1. The molecule has 2 aromatic carbocycles. The molecular formula is C21H19NO. The summed E-state index contributed by atoms with van der Waals surface area (Å²) in [6.45, 7) is 4.25. The summed E-state index contributed by atoms with van der Waals surface area (Å²) in [5.41, 5.74) is 6.82. The molecule has 0 atom stereocenters. The maximum Gasteiger partial charge on any atom is 0.151 e. The number of aryl methyl sites for hydroxylation is 2. The number of benzene rings is 2. The molecule has 2 heteroatoms. The van der Waals surface area contributed by atoms with Gasteiger partial charge in [0.2, 0.25) is 0 Å². The van der Waals surface area contributed by atoms with Gasteiger partial charge in [-0.3, -0.25) is 0 Å². The van der Waals surface area contributed by atoms with E-state index in [-0.39, 0.29) is 0 Å². The van der Waals surface area contributed by atoms with Crippen molar-refractivity contribution in [3.8, 4) is 22.7 Å². The van der Waals surface area contributed by atoms with Crippen molar-refractivity contribution in [1.82, 2.24) is 4.98 Å². The average molecular weight is 301 g/mol. The van der Waals surface area contributed by atoms with Gasteiger partial charge in [0.15, 0.2) is 5.76 Å². The van der Waals surface area contributed by atoms with Crippen LogP contribution in [0, 0.1) is 6.92 Å². The Hall–Kier alpha value is -2.74. The fraction of sp³-hybridized carbons (Fsp3) is 0.143. The molecule has 0 radical (unpaired) electrons. The Morgan fingerprint density at radius 1 is 0.913 bits per heavy atom. The highest BCUT2D eigenvalue weighted by atomic mass is 16.3. The summed E-state index contributed by atoms with van der Waals surface area (Å²) in [4.78, 5) is 3.47. The van der Waals surface area contributed by atoms with Crippen LogP contribution in [0.25, 0.3) is 33.7 Å². The summed E-state index contributed by atoms with van der Waals surface area (Å²) >= 11 is 0. The van der Waals surface area contributed by atoms with Crippen molar-refractivity contribution in [2.24, 2.45) is 0 Å². The zero-order chi connectivity index (χ0) is 15.8. The Morgan fingerprint density at radius 2 is 1.70 bits per heavy atom. The molecule has 0 saturated heterocycles. The highest BCUT2D eigenvalue weighted by Crippen LogP contribution is 2.31. The second-order valence-electron chi connectivity index (χ2n) is 5.95. The van der Waals surface area contributed by atoms with E-state index in [1.165, 1.54) is 16.7 Å². The van der Waals surface area contributed by atoms with E-state index in [9.17, 15) is 0 Å². The summed E-state index contributed by atoms with van der Waals surface area (Å²) in [6.07, 6.45) is 0.976. The summed E-state index contributed by atoms with van der Waals surface area (Å²) in [6, 6.07) is 21.2. The predicted molar refractivity (Wildman–Crippen MR) is 95.6 cm³/mol. The van der Waals surface area contributed by atoms with Crippen molar-refractivity contribution in [3.05, 3.63) is 71.8 Å². The van der Waals surface area contributed by atoms with Gasteiger partial charge in [-0.25, -0.2) is 0 Å². The number of fused-ring (bicyclic) bond motifs is 1. The summed E-state index contributed by atoms with van der Waals surface area (Å²) in [5, 5.41) is 1.16. The molecule has 23 heavy (non-hydrogen) atoms. The van der Waals surface area contributed by atoms with Crippen LogP contribution in [0.15, 0.2) is 65.1 Å². The SMILES string of the molecule is CCc1cccc2cc(-c3ccc(-c4ccc(C)cc4)[nH]3)oc12. The Balaban J connectivity index is 1.75. The molecule has 0 spiro atoms. The van der Waals surface area contributed by atoms with Crippen LogP contribution < -0.4 is 0 Å². The van der Waals surface area contributed by atoms with E-state index >= 15 is 0 Å². The number of H-pyrrole nitrogens is 1. The Kier molecular flexibility index (Phi) is 3.30. The van der Waals surface area contributed by atoms with E-state index < -0.39 is 0 Å². The number of rotatable bonds is 3. The topological polar surface area (TPSA) is 28.9 Å². The van der Waals surface area contributed by atoms with Crippen LogP contribution in [0.2, 0.25) is 0 Å². The van der Waals surface area contributed by atoms with Crippen LogP contribution in [0.5, 0.6) is 0 Å². The molecule has 0 bridgehead atoms. The smallest absolute Gasteiger partial charge is 0.151 e. The lowest BCUT2D eigenvalue weighted by molar-refractivity contribution is 0.625. The monoisotopic (exact) mass is 301 g/mol. The number of furan rings is 1. The van der Waals surface area contributed by atoms with E-state index in [4.69, 9.17) is 4.42 Å². The van der Waals surface area contributed by atoms with Crippen LogP contribution >= 0.6 is 0 Å². The van der Waals surface area contributed by atoms with Crippen molar-refractivity contribution in [2.45, 2.75) is 20.3 Å². The molecule has 0 aliphatic heterocycles. The van der Waals surface area contributed by atoms with Crippen LogP contribution in [0.4, 0.5) is 0 Å². The van der Waals surface area contributed by atoms with Crippen LogP contribution in [-0.4, -0.2) is 4.98 Å². The maximum atomic E-state index is 6.11. The Bertz CT molecular complexity index is 957. The molecule has 0 amide bonds. The minimum absolute atomic E-state index is 0.888. The largest absolute Gasteiger partial charge is 0.454 e. The van der Waals surface area contributed by atoms with Gasteiger partial charge in [0, 0.05) is 11.1 Å². The van der Waals surface area contributed by atoms with Gasteiger partial charge >= 0.3 is 0 Å². The molecule has 4 rings (SSSR count). The van der Waals surface area contributed by atoms with E-state index in [0.717, 1.165) is 34.5 Å². The number of hydrogen-bond donors (Lipinski definition) is 1. The van der Waals surface area contributed by atoms with E-state index in [0.29, 0.717) is 0 Å². The quantitative estimate of drug-likeness (QED) is 0.496. The molecule has 0 fully saturated rings. The fourth-order valence-electron chi connectivity index (χ4n) is 2.97. The zero-order valence-electron chi connectivity index (χ0n) is 13.4. The third-order valence-electron chi connectivity index (χ3n) is 4.32. The Morgan fingerprint density at radius 3 is 2.48 bits per heavy atom. The molecule has 114 valence electrons. The number of aromatic amines is 1. The molecular weight excluding hydrogens is 282 g/mol. The molecule has 0 saturated carbocycles. The molecule has 1 N–H and O–H groups in total. The standard InChI is InChI=1S/C21H19NO/c1-3-15-5-4-6-17-13-20(23-21(15)17)19-12-11-18(22-19)16-9-7-14(2)8-10-16/h4-13,22H,3H2,1-2H3. The fourth-order valence-corrected chi connectivity index (χ4v) is 2.97. The van der Waals surface area contributed by atoms with E-state index in [1.807, 2.05) is 0 Å². The van der Waals surface area contributed by atoms with Crippen LogP contribution in [0.1, 0.15) is 18.1 Å². The predicted octanol–water partition coefficient (Wildman–Crippen LogP) is 5.97. The lowest BCUT2D eigenvalue weighted by atomic mass is 10.1. The van der Waals surface area contributed by atoms with Gasteiger partial charge in [0.25, 0.3) is 0 Å². The van der Waals surface area contributed by atoms with Crippen LogP contribution in [0.3, 0.4) is 0 Å². The van der Waals surface area contributed by atoms with E-state index in [1.54, 1.807) is 0 Å². The highest BCUT2D eigenvalue weighted by Gasteiger charge is 2.11. The molecule has 0 unspecified atom stereocenters.